The van der Waals surface area contributed by atoms with Crippen molar-refractivity contribution >= 4 is 16.0 Å². The van der Waals surface area contributed by atoms with Crippen molar-refractivity contribution in [3.8, 4) is 5.75 Å². The van der Waals surface area contributed by atoms with Crippen LogP contribution in [0.1, 0.15) is 5.56 Å². The highest BCUT2D eigenvalue weighted by molar-refractivity contribution is 7.89. The molecule has 7 nitrogen and oxygen atoms in total. The molecule has 152 valence electrons. The van der Waals surface area contributed by atoms with E-state index in [0.29, 0.717) is 25.4 Å². The van der Waals surface area contributed by atoms with E-state index in [9.17, 15) is 13.2 Å². The van der Waals surface area contributed by atoms with E-state index in [0.717, 1.165) is 9.87 Å². The van der Waals surface area contributed by atoms with Crippen LogP contribution in [0.25, 0.3) is 0 Å². The molecule has 2 rings (SSSR count). The zero-order valence-electron chi connectivity index (χ0n) is 16.4. The molecule has 0 unspecified atom stereocenters. The van der Waals surface area contributed by atoms with Gasteiger partial charge in [0.15, 0.2) is 0 Å². The Labute approximate surface area is 166 Å². The molecule has 0 aliphatic carbocycles. The average Bonchev–Trinajstić information content (AvgIpc) is 2.68. The first kappa shape index (κ1) is 21.9. The topological polar surface area (TPSA) is 76.1 Å². The Morgan fingerprint density at radius 1 is 1.00 bits per heavy atom. The average molecular weight is 407 g/mol. The number of esters is 1. The first-order chi connectivity index (χ1) is 13.3. The summed E-state index contributed by atoms with van der Waals surface area (Å²) in [5, 5.41) is 0. The largest absolute Gasteiger partial charge is 0.492 e. The van der Waals surface area contributed by atoms with Crippen LogP contribution in [0.2, 0.25) is 0 Å². The van der Waals surface area contributed by atoms with Gasteiger partial charge in [0, 0.05) is 27.2 Å². The summed E-state index contributed by atoms with van der Waals surface area (Å²) in [5.41, 5.74) is 1.09. The second-order valence-electron chi connectivity index (χ2n) is 6.38. The van der Waals surface area contributed by atoms with E-state index in [1.54, 1.807) is 12.1 Å². The van der Waals surface area contributed by atoms with Crippen molar-refractivity contribution in [1.29, 1.82) is 0 Å². The Morgan fingerprint density at radius 2 is 1.64 bits per heavy atom. The van der Waals surface area contributed by atoms with Gasteiger partial charge in [-0.1, -0.05) is 30.3 Å². The number of carbonyl (C=O) groups is 1. The van der Waals surface area contributed by atoms with Crippen LogP contribution in [0.3, 0.4) is 0 Å². The molecule has 0 saturated heterocycles. The zero-order chi connectivity index (χ0) is 20.6. The van der Waals surface area contributed by atoms with E-state index in [2.05, 4.69) is 0 Å². The van der Waals surface area contributed by atoms with Crippen molar-refractivity contribution in [1.82, 2.24) is 9.21 Å². The molecule has 28 heavy (non-hydrogen) atoms. The number of carbonyl (C=O) groups excluding carboxylic acids is 1. The Hall–Kier alpha value is -2.42. The fourth-order valence-corrected chi connectivity index (χ4v) is 3.42. The van der Waals surface area contributed by atoms with Crippen molar-refractivity contribution in [3.63, 3.8) is 0 Å². The molecular formula is C20H26N2O5S. The minimum Gasteiger partial charge on any atom is -0.492 e. The quantitative estimate of drug-likeness (QED) is 0.562. The molecule has 0 fully saturated rings. The van der Waals surface area contributed by atoms with Crippen LogP contribution in [0.4, 0.5) is 0 Å². The van der Waals surface area contributed by atoms with E-state index in [1.807, 2.05) is 35.2 Å². The number of hydrogen-bond acceptors (Lipinski definition) is 6. The van der Waals surface area contributed by atoms with E-state index in [-0.39, 0.29) is 17.4 Å². The Morgan fingerprint density at radius 3 is 2.21 bits per heavy atom. The highest BCUT2D eigenvalue weighted by atomic mass is 32.2. The lowest BCUT2D eigenvalue weighted by molar-refractivity contribution is -0.142. The van der Waals surface area contributed by atoms with E-state index in [1.165, 1.54) is 33.3 Å². The number of hydrogen-bond donors (Lipinski definition) is 0. The maximum Gasteiger partial charge on any atom is 0.319 e. The van der Waals surface area contributed by atoms with Crippen molar-refractivity contribution in [2.45, 2.75) is 11.4 Å². The molecule has 0 N–H and O–H groups in total. The van der Waals surface area contributed by atoms with Crippen LogP contribution in [-0.4, -0.2) is 64.5 Å². The van der Waals surface area contributed by atoms with E-state index in [4.69, 9.17) is 9.47 Å². The van der Waals surface area contributed by atoms with Gasteiger partial charge in [0.1, 0.15) is 12.4 Å². The maximum absolute atomic E-state index is 12.1. The summed E-state index contributed by atoms with van der Waals surface area (Å²) < 4.78 is 35.8. The van der Waals surface area contributed by atoms with Crippen LogP contribution in [0.15, 0.2) is 59.5 Å². The van der Waals surface area contributed by atoms with Crippen LogP contribution >= 0.6 is 0 Å². The summed E-state index contributed by atoms with van der Waals surface area (Å²) in [7, 11) is 0.880. The number of benzene rings is 2. The molecule has 2 aromatic carbocycles. The molecule has 0 radical (unpaired) electrons. The van der Waals surface area contributed by atoms with Gasteiger partial charge in [-0.2, -0.15) is 0 Å². The van der Waals surface area contributed by atoms with Crippen LogP contribution in [-0.2, 0) is 26.1 Å². The first-order valence-corrected chi connectivity index (χ1v) is 10.3. The molecular weight excluding hydrogens is 380 g/mol. The highest BCUT2D eigenvalue weighted by Crippen LogP contribution is 2.18. The number of ether oxygens (including phenoxy) is 2. The second kappa shape index (κ2) is 10.2. The molecule has 0 atom stereocenters. The molecule has 0 amide bonds. The summed E-state index contributed by atoms with van der Waals surface area (Å²) in [6.07, 6.45) is 0. The predicted molar refractivity (Wildman–Crippen MR) is 107 cm³/mol. The molecule has 8 heteroatoms. The lowest BCUT2D eigenvalue weighted by Gasteiger charge is -2.21. The summed E-state index contributed by atoms with van der Waals surface area (Å²) in [6, 6.07) is 16.1. The van der Waals surface area contributed by atoms with Crippen LogP contribution < -0.4 is 4.74 Å². The van der Waals surface area contributed by atoms with Gasteiger partial charge in [0.05, 0.1) is 18.6 Å². The highest BCUT2D eigenvalue weighted by Gasteiger charge is 2.17. The van der Waals surface area contributed by atoms with Crippen molar-refractivity contribution in [2.24, 2.45) is 0 Å². The molecule has 0 heterocycles. The molecule has 2 aromatic rings. The van der Waals surface area contributed by atoms with Gasteiger partial charge >= 0.3 is 5.97 Å². The number of methoxy groups -OCH3 is 1. The fourth-order valence-electron chi connectivity index (χ4n) is 2.51. The number of rotatable bonds is 10. The standard InChI is InChI=1S/C20H26N2O5S/c1-21(2)28(24,25)19-11-9-18(10-12-19)27-14-13-22(16-20(23)26-3)15-17-7-5-4-6-8-17/h4-12H,13-16H2,1-3H3. The maximum atomic E-state index is 12.1. The fraction of sp³-hybridized carbons (Fsp3) is 0.350. The lowest BCUT2D eigenvalue weighted by Crippen LogP contribution is -2.33. The number of nitrogens with zero attached hydrogens (tertiary/aromatic N) is 2. The van der Waals surface area contributed by atoms with Gasteiger partial charge in [-0.15, -0.1) is 0 Å². The Balaban J connectivity index is 1.94. The van der Waals surface area contributed by atoms with Gasteiger partial charge in [-0.25, -0.2) is 12.7 Å². The summed E-state index contributed by atoms with van der Waals surface area (Å²) in [4.78, 5) is 13.8. The van der Waals surface area contributed by atoms with Crippen molar-refractivity contribution < 1.29 is 22.7 Å². The second-order valence-corrected chi connectivity index (χ2v) is 8.53. The van der Waals surface area contributed by atoms with Gasteiger partial charge in [-0.05, 0) is 29.8 Å². The van der Waals surface area contributed by atoms with Gasteiger partial charge in [-0.3, -0.25) is 9.69 Å². The third-order valence-corrected chi connectivity index (χ3v) is 5.94. The molecule has 0 aliphatic heterocycles. The smallest absolute Gasteiger partial charge is 0.319 e. The minimum atomic E-state index is -3.46. The number of sulfonamides is 1. The van der Waals surface area contributed by atoms with Gasteiger partial charge in [0.25, 0.3) is 0 Å². The normalized spacial score (nSPS) is 11.6. The van der Waals surface area contributed by atoms with E-state index < -0.39 is 10.0 Å². The van der Waals surface area contributed by atoms with Crippen LogP contribution in [0, 0.1) is 0 Å². The van der Waals surface area contributed by atoms with E-state index >= 15 is 0 Å². The van der Waals surface area contributed by atoms with Gasteiger partial charge in [0.2, 0.25) is 10.0 Å². The lowest BCUT2D eigenvalue weighted by atomic mass is 10.2. The zero-order valence-corrected chi connectivity index (χ0v) is 17.2. The minimum absolute atomic E-state index is 0.161. The molecule has 0 saturated carbocycles. The Kier molecular flexibility index (Phi) is 7.98. The first-order valence-electron chi connectivity index (χ1n) is 8.81. The summed E-state index contributed by atoms with van der Waals surface area (Å²) >= 11 is 0. The van der Waals surface area contributed by atoms with Crippen molar-refractivity contribution in [3.05, 3.63) is 60.2 Å². The monoisotopic (exact) mass is 406 g/mol. The molecule has 0 aliphatic rings. The molecule has 0 spiro atoms. The molecule has 0 bridgehead atoms. The van der Waals surface area contributed by atoms with Crippen LogP contribution in [0.5, 0.6) is 5.75 Å². The summed E-state index contributed by atoms with van der Waals surface area (Å²) in [6.45, 7) is 1.62. The predicted octanol–water partition coefficient (Wildman–Crippen LogP) is 1.99. The SMILES string of the molecule is COC(=O)CN(CCOc1ccc(S(=O)(=O)N(C)C)cc1)Cc1ccccc1. The van der Waals surface area contributed by atoms with Gasteiger partial charge < -0.3 is 9.47 Å². The third kappa shape index (κ3) is 6.33. The molecule has 0 aromatic heterocycles. The third-order valence-electron chi connectivity index (χ3n) is 4.11. The summed E-state index contributed by atoms with van der Waals surface area (Å²) in [5.74, 6) is 0.254. The Bertz CT molecular complexity index is 852. The van der Waals surface area contributed by atoms with Crippen molar-refractivity contribution in [2.75, 3.05) is 40.9 Å².